The number of nitrogens with zero attached hydrogens (tertiary/aromatic N) is 6. The third-order valence-corrected chi connectivity index (χ3v) is 5.37. The third kappa shape index (κ3) is 5.64. The van der Waals surface area contributed by atoms with Crippen LogP contribution in [0.4, 0.5) is 11.6 Å². The molecule has 4 aromatic rings. The normalized spacial score (nSPS) is 12.4. The summed E-state index contributed by atoms with van der Waals surface area (Å²) in [6.07, 6.45) is 4.94. The molecule has 170 valence electrons. The summed E-state index contributed by atoms with van der Waals surface area (Å²) in [6.45, 7) is 8.99. The largest absolute Gasteiger partial charge is 0.487 e. The number of halogens is 1. The predicted molar refractivity (Wildman–Crippen MR) is 129 cm³/mol. The SMILES string of the molecule is CC(Cn1cnnn1)Oc1cc(-c2cnc(Nc3ccccc3C(C)(C)C)nc2)ccc1Cl. The molecule has 0 amide bonds. The Morgan fingerprint density at radius 3 is 2.52 bits per heavy atom. The molecular weight excluding hydrogens is 438 g/mol. The Balaban J connectivity index is 1.50. The van der Waals surface area contributed by atoms with Crippen LogP contribution < -0.4 is 10.1 Å². The van der Waals surface area contributed by atoms with Crippen molar-refractivity contribution < 1.29 is 4.74 Å². The molecule has 2 aromatic carbocycles. The van der Waals surface area contributed by atoms with E-state index < -0.39 is 0 Å². The van der Waals surface area contributed by atoms with E-state index in [1.54, 1.807) is 23.4 Å². The molecule has 0 saturated carbocycles. The summed E-state index contributed by atoms with van der Waals surface area (Å²) in [4.78, 5) is 9.03. The Morgan fingerprint density at radius 2 is 1.82 bits per heavy atom. The molecule has 1 N–H and O–H groups in total. The van der Waals surface area contributed by atoms with Gasteiger partial charge in [-0.05, 0) is 52.1 Å². The zero-order valence-corrected chi connectivity index (χ0v) is 19.8. The molecular formula is C24H26ClN7O. The van der Waals surface area contributed by atoms with E-state index in [2.05, 4.69) is 57.6 Å². The second kappa shape index (κ2) is 9.54. The van der Waals surface area contributed by atoms with E-state index in [9.17, 15) is 0 Å². The highest BCUT2D eigenvalue weighted by Gasteiger charge is 2.18. The Bertz CT molecular complexity index is 1200. The molecule has 0 fully saturated rings. The van der Waals surface area contributed by atoms with Gasteiger partial charge in [-0.25, -0.2) is 14.6 Å². The molecule has 0 radical (unpaired) electrons. The van der Waals surface area contributed by atoms with Crippen LogP contribution in [-0.2, 0) is 12.0 Å². The average molecular weight is 464 g/mol. The molecule has 0 saturated heterocycles. The van der Waals surface area contributed by atoms with Gasteiger partial charge in [-0.1, -0.05) is 56.6 Å². The molecule has 9 heteroatoms. The van der Waals surface area contributed by atoms with Crippen molar-refractivity contribution in [3.63, 3.8) is 0 Å². The summed E-state index contributed by atoms with van der Waals surface area (Å²) >= 11 is 6.36. The molecule has 4 rings (SSSR count). The minimum Gasteiger partial charge on any atom is -0.487 e. The molecule has 33 heavy (non-hydrogen) atoms. The fourth-order valence-electron chi connectivity index (χ4n) is 3.46. The predicted octanol–water partition coefficient (Wildman–Crippen LogP) is 5.29. The van der Waals surface area contributed by atoms with Crippen LogP contribution >= 0.6 is 11.6 Å². The highest BCUT2D eigenvalue weighted by Crippen LogP contribution is 2.32. The summed E-state index contributed by atoms with van der Waals surface area (Å²) in [7, 11) is 0. The van der Waals surface area contributed by atoms with Crippen molar-refractivity contribution in [3.8, 4) is 16.9 Å². The molecule has 0 bridgehead atoms. The zero-order valence-electron chi connectivity index (χ0n) is 19.0. The van der Waals surface area contributed by atoms with Gasteiger partial charge in [-0.15, -0.1) is 5.10 Å². The lowest BCUT2D eigenvalue weighted by Crippen LogP contribution is -2.20. The number of hydrogen-bond acceptors (Lipinski definition) is 7. The lowest BCUT2D eigenvalue weighted by atomic mass is 9.86. The van der Waals surface area contributed by atoms with E-state index >= 15 is 0 Å². The van der Waals surface area contributed by atoms with Crippen molar-refractivity contribution in [3.05, 3.63) is 71.8 Å². The van der Waals surface area contributed by atoms with Crippen molar-refractivity contribution in [1.29, 1.82) is 0 Å². The number of rotatable bonds is 7. The lowest BCUT2D eigenvalue weighted by Gasteiger charge is -2.23. The highest BCUT2D eigenvalue weighted by molar-refractivity contribution is 6.32. The molecule has 0 aliphatic rings. The van der Waals surface area contributed by atoms with Crippen LogP contribution in [0.3, 0.4) is 0 Å². The van der Waals surface area contributed by atoms with Gasteiger partial charge in [0.1, 0.15) is 18.2 Å². The van der Waals surface area contributed by atoms with E-state index in [0.29, 0.717) is 23.3 Å². The van der Waals surface area contributed by atoms with Gasteiger partial charge in [-0.2, -0.15) is 0 Å². The van der Waals surface area contributed by atoms with Crippen LogP contribution in [0.5, 0.6) is 5.75 Å². The van der Waals surface area contributed by atoms with Crippen molar-refractivity contribution >= 4 is 23.2 Å². The Kier molecular flexibility index (Phi) is 6.55. The van der Waals surface area contributed by atoms with Gasteiger partial charge in [0, 0.05) is 23.6 Å². The summed E-state index contributed by atoms with van der Waals surface area (Å²) in [5.74, 6) is 1.12. The third-order valence-electron chi connectivity index (χ3n) is 5.06. The maximum Gasteiger partial charge on any atom is 0.227 e. The molecule has 1 unspecified atom stereocenters. The molecule has 8 nitrogen and oxygen atoms in total. The van der Waals surface area contributed by atoms with Gasteiger partial charge >= 0.3 is 0 Å². The van der Waals surface area contributed by atoms with Gasteiger partial charge < -0.3 is 10.1 Å². The maximum atomic E-state index is 6.36. The van der Waals surface area contributed by atoms with E-state index in [4.69, 9.17) is 16.3 Å². The van der Waals surface area contributed by atoms with Crippen LogP contribution in [0.15, 0.2) is 61.2 Å². The van der Waals surface area contributed by atoms with Crippen molar-refractivity contribution in [2.24, 2.45) is 0 Å². The summed E-state index contributed by atoms with van der Waals surface area (Å²) in [5, 5.41) is 15.0. The Labute approximate surface area is 198 Å². The van der Waals surface area contributed by atoms with Gasteiger partial charge in [0.2, 0.25) is 5.95 Å². The summed E-state index contributed by atoms with van der Waals surface area (Å²) in [5.41, 5.74) is 3.97. The fourth-order valence-corrected chi connectivity index (χ4v) is 3.62. The fraction of sp³-hybridized carbons (Fsp3) is 0.292. The molecule has 0 spiro atoms. The first-order valence-corrected chi connectivity index (χ1v) is 11.0. The maximum absolute atomic E-state index is 6.36. The second-order valence-corrected chi connectivity index (χ2v) is 9.23. The smallest absolute Gasteiger partial charge is 0.227 e. The number of anilines is 2. The number of para-hydroxylation sites is 1. The van der Waals surface area contributed by atoms with Crippen molar-refractivity contribution in [2.75, 3.05) is 5.32 Å². The molecule has 0 aliphatic heterocycles. The number of tetrazole rings is 1. The minimum absolute atomic E-state index is 0.00478. The molecule has 2 aromatic heterocycles. The van der Waals surface area contributed by atoms with Crippen molar-refractivity contribution in [2.45, 2.75) is 45.8 Å². The molecule has 0 aliphatic carbocycles. The monoisotopic (exact) mass is 463 g/mol. The number of hydrogen-bond donors (Lipinski definition) is 1. The van der Waals surface area contributed by atoms with Crippen LogP contribution in [0.25, 0.3) is 11.1 Å². The van der Waals surface area contributed by atoms with E-state index in [0.717, 1.165) is 16.8 Å². The second-order valence-electron chi connectivity index (χ2n) is 8.82. The van der Waals surface area contributed by atoms with E-state index in [-0.39, 0.29) is 11.5 Å². The lowest BCUT2D eigenvalue weighted by molar-refractivity contribution is 0.193. The highest BCUT2D eigenvalue weighted by atomic mass is 35.5. The summed E-state index contributed by atoms with van der Waals surface area (Å²) < 4.78 is 7.64. The van der Waals surface area contributed by atoms with E-state index in [1.165, 1.54) is 5.56 Å². The summed E-state index contributed by atoms with van der Waals surface area (Å²) in [6, 6.07) is 13.8. The Hall–Kier alpha value is -3.52. The van der Waals surface area contributed by atoms with Crippen LogP contribution in [0, 0.1) is 0 Å². The van der Waals surface area contributed by atoms with Crippen LogP contribution in [0.1, 0.15) is 33.3 Å². The van der Waals surface area contributed by atoms with Gasteiger partial charge in [0.25, 0.3) is 0 Å². The standard InChI is InChI=1S/C24H26ClN7O/c1-16(14-32-15-28-30-31-32)33-22-11-17(9-10-20(22)25)18-12-26-23(27-13-18)29-21-8-6-5-7-19(21)24(2,3)4/h5-13,15-16H,14H2,1-4H3,(H,26,27,29). The first-order valence-electron chi connectivity index (χ1n) is 10.7. The van der Waals surface area contributed by atoms with Gasteiger partial charge in [-0.3, -0.25) is 0 Å². The van der Waals surface area contributed by atoms with Crippen molar-refractivity contribution in [1.82, 2.24) is 30.2 Å². The topological polar surface area (TPSA) is 90.6 Å². The van der Waals surface area contributed by atoms with E-state index in [1.807, 2.05) is 43.3 Å². The van der Waals surface area contributed by atoms with Crippen LogP contribution in [-0.4, -0.2) is 36.3 Å². The first kappa shape index (κ1) is 22.7. The quantitative estimate of drug-likeness (QED) is 0.398. The number of benzene rings is 2. The molecule has 2 heterocycles. The Morgan fingerprint density at radius 1 is 1.06 bits per heavy atom. The minimum atomic E-state index is -0.174. The number of aromatic nitrogens is 6. The van der Waals surface area contributed by atoms with Crippen LogP contribution in [0.2, 0.25) is 5.02 Å². The van der Waals surface area contributed by atoms with Gasteiger partial charge in [0.15, 0.2) is 0 Å². The van der Waals surface area contributed by atoms with Gasteiger partial charge in [0.05, 0.1) is 11.6 Å². The average Bonchev–Trinajstić information content (AvgIpc) is 3.28. The number of ether oxygens (including phenoxy) is 1. The number of nitrogens with one attached hydrogen (secondary N) is 1. The zero-order chi connectivity index (χ0) is 23.4. The molecule has 1 atom stereocenters. The first-order chi connectivity index (χ1) is 15.8.